The summed E-state index contributed by atoms with van der Waals surface area (Å²) in [6.07, 6.45) is 0. The summed E-state index contributed by atoms with van der Waals surface area (Å²) in [4.78, 5) is 49.7. The van der Waals surface area contributed by atoms with Gasteiger partial charge in [0.15, 0.2) is 5.78 Å². The molecular formula is C22H14ClN3O5. The Kier molecular flexibility index (Phi) is 5.22. The lowest BCUT2D eigenvalue weighted by atomic mass is 10.0. The molecule has 1 N–H and O–H groups in total. The quantitative estimate of drug-likeness (QED) is 0.269. The number of carbonyl (C=O) groups is 3. The first kappa shape index (κ1) is 20.2. The second kappa shape index (κ2) is 8.00. The van der Waals surface area contributed by atoms with Crippen LogP contribution in [0.5, 0.6) is 0 Å². The Morgan fingerprint density at radius 3 is 2.45 bits per heavy atom. The van der Waals surface area contributed by atoms with Gasteiger partial charge in [0.1, 0.15) is 5.56 Å². The highest BCUT2D eigenvalue weighted by molar-refractivity contribution is 6.31. The molecule has 0 saturated heterocycles. The van der Waals surface area contributed by atoms with Crippen LogP contribution in [0.4, 0.5) is 11.4 Å². The van der Waals surface area contributed by atoms with E-state index in [1.165, 1.54) is 24.3 Å². The first-order valence-corrected chi connectivity index (χ1v) is 9.53. The zero-order valence-corrected chi connectivity index (χ0v) is 16.6. The molecule has 0 unspecified atom stereocenters. The van der Waals surface area contributed by atoms with E-state index in [1.807, 2.05) is 0 Å². The number of hydrogen-bond acceptors (Lipinski definition) is 6. The number of rotatable bonds is 6. The van der Waals surface area contributed by atoms with Gasteiger partial charge in [-0.3, -0.25) is 29.4 Å². The lowest BCUT2D eigenvalue weighted by molar-refractivity contribution is -0.385. The monoisotopic (exact) mass is 435 g/mol. The van der Waals surface area contributed by atoms with Gasteiger partial charge in [0.25, 0.3) is 17.5 Å². The maximum atomic E-state index is 12.9. The second-order valence-electron chi connectivity index (χ2n) is 6.72. The molecule has 9 heteroatoms. The van der Waals surface area contributed by atoms with E-state index in [-0.39, 0.29) is 29.1 Å². The van der Waals surface area contributed by atoms with Crippen LogP contribution < -0.4 is 5.32 Å². The van der Waals surface area contributed by atoms with Crippen LogP contribution in [-0.2, 0) is 0 Å². The maximum absolute atomic E-state index is 12.9. The van der Waals surface area contributed by atoms with Crippen LogP contribution in [0, 0.1) is 10.1 Å². The van der Waals surface area contributed by atoms with Crippen molar-refractivity contribution >= 4 is 40.6 Å². The van der Waals surface area contributed by atoms with Crippen molar-refractivity contribution in [1.29, 1.82) is 0 Å². The summed E-state index contributed by atoms with van der Waals surface area (Å²) in [6.45, 7) is -0.278. The highest BCUT2D eigenvalue weighted by atomic mass is 35.5. The van der Waals surface area contributed by atoms with Crippen LogP contribution in [-0.4, -0.2) is 34.1 Å². The first-order chi connectivity index (χ1) is 14.9. The fraction of sp³-hybridized carbons (Fsp3) is 0.0455. The predicted octanol–water partition coefficient (Wildman–Crippen LogP) is 4.14. The zero-order chi connectivity index (χ0) is 22.1. The number of benzene rings is 3. The molecule has 0 saturated carbocycles. The summed E-state index contributed by atoms with van der Waals surface area (Å²) in [7, 11) is 0. The Morgan fingerprint density at radius 2 is 1.74 bits per heavy atom. The van der Waals surface area contributed by atoms with Crippen LogP contribution >= 0.6 is 11.6 Å². The molecule has 2 amide bonds. The number of nitrogens with zero attached hydrogens (tertiary/aromatic N) is 2. The lowest BCUT2D eigenvalue weighted by Crippen LogP contribution is -2.34. The van der Waals surface area contributed by atoms with E-state index >= 15 is 0 Å². The molecule has 0 atom stereocenters. The number of ketones is 1. The van der Waals surface area contributed by atoms with Gasteiger partial charge >= 0.3 is 0 Å². The normalized spacial score (nSPS) is 12.6. The number of halogens is 1. The molecule has 4 rings (SSSR count). The molecule has 31 heavy (non-hydrogen) atoms. The number of amides is 2. The minimum Gasteiger partial charge on any atom is -0.367 e. The number of imide groups is 1. The molecule has 1 heterocycles. The van der Waals surface area contributed by atoms with E-state index in [1.54, 1.807) is 42.5 Å². The summed E-state index contributed by atoms with van der Waals surface area (Å²) >= 11 is 6.07. The van der Waals surface area contributed by atoms with E-state index in [2.05, 4.69) is 5.32 Å². The van der Waals surface area contributed by atoms with Gasteiger partial charge in [-0.15, -0.1) is 0 Å². The van der Waals surface area contributed by atoms with E-state index in [0.29, 0.717) is 16.3 Å². The summed E-state index contributed by atoms with van der Waals surface area (Å²) < 4.78 is 0. The topological polar surface area (TPSA) is 110 Å². The largest absolute Gasteiger partial charge is 0.367 e. The number of fused-ring (bicyclic) bond motifs is 1. The third-order valence-electron chi connectivity index (χ3n) is 4.86. The van der Waals surface area contributed by atoms with Crippen molar-refractivity contribution in [3.8, 4) is 0 Å². The Labute approximate surface area is 181 Å². The smallest absolute Gasteiger partial charge is 0.282 e. The average molecular weight is 436 g/mol. The number of nitro benzene ring substituents is 1. The second-order valence-corrected chi connectivity index (χ2v) is 7.15. The van der Waals surface area contributed by atoms with Crippen molar-refractivity contribution in [3.05, 3.63) is 104 Å². The molecule has 0 spiro atoms. The van der Waals surface area contributed by atoms with E-state index in [4.69, 9.17) is 11.6 Å². The summed E-state index contributed by atoms with van der Waals surface area (Å²) in [5.41, 5.74) is 0.383. The summed E-state index contributed by atoms with van der Waals surface area (Å²) in [5, 5.41) is 14.5. The van der Waals surface area contributed by atoms with Gasteiger partial charge in [-0.2, -0.15) is 0 Å². The van der Waals surface area contributed by atoms with Gasteiger partial charge in [-0.05, 0) is 24.3 Å². The average Bonchev–Trinajstić information content (AvgIpc) is 3.02. The molecule has 1 aliphatic heterocycles. The van der Waals surface area contributed by atoms with Crippen molar-refractivity contribution in [2.45, 2.75) is 0 Å². The number of nitrogens with one attached hydrogen (secondary N) is 1. The Bertz CT molecular complexity index is 1240. The number of anilines is 1. The van der Waals surface area contributed by atoms with Crippen LogP contribution in [0.25, 0.3) is 0 Å². The van der Waals surface area contributed by atoms with E-state index in [9.17, 15) is 24.5 Å². The fourth-order valence-electron chi connectivity index (χ4n) is 3.38. The molecule has 0 bridgehead atoms. The molecule has 0 aliphatic carbocycles. The highest BCUT2D eigenvalue weighted by Gasteiger charge is 2.40. The van der Waals surface area contributed by atoms with Crippen molar-refractivity contribution in [1.82, 2.24) is 4.90 Å². The van der Waals surface area contributed by atoms with Crippen molar-refractivity contribution in [2.75, 3.05) is 12.0 Å². The zero-order valence-electron chi connectivity index (χ0n) is 15.9. The minimum atomic E-state index is -0.773. The Hall–Kier alpha value is -4.04. The molecule has 0 aromatic heterocycles. The number of carbonyl (C=O) groups excluding carboxylic acids is 3. The molecule has 3 aromatic carbocycles. The first-order valence-electron chi connectivity index (χ1n) is 9.15. The number of nitro groups is 1. The maximum Gasteiger partial charge on any atom is 0.282 e. The van der Waals surface area contributed by atoms with Gasteiger partial charge in [0.05, 0.1) is 17.2 Å². The molecular weight excluding hydrogens is 422 g/mol. The lowest BCUT2D eigenvalue weighted by Gasteiger charge is -2.17. The third-order valence-corrected chi connectivity index (χ3v) is 5.10. The van der Waals surface area contributed by atoms with Crippen molar-refractivity contribution in [3.63, 3.8) is 0 Å². The molecule has 8 nitrogen and oxygen atoms in total. The van der Waals surface area contributed by atoms with Crippen LogP contribution in [0.1, 0.15) is 36.6 Å². The summed E-state index contributed by atoms with van der Waals surface area (Å²) in [6, 6.07) is 17.1. The van der Waals surface area contributed by atoms with Gasteiger partial charge in [0, 0.05) is 27.9 Å². The summed E-state index contributed by atoms with van der Waals surface area (Å²) in [5.74, 6) is -1.71. The number of hydrogen-bond donors (Lipinski definition) is 1. The Balaban J connectivity index is 1.61. The third kappa shape index (κ3) is 3.64. The molecule has 1 aliphatic rings. The molecule has 0 fully saturated rings. The van der Waals surface area contributed by atoms with E-state index in [0.717, 1.165) is 4.90 Å². The SMILES string of the molecule is O=C(c1ccccc1)c1cc(Cl)ccc1NCN1C(=O)c2cccc([N+](=O)[O-])c2C1=O. The fourth-order valence-corrected chi connectivity index (χ4v) is 3.55. The van der Waals surface area contributed by atoms with Gasteiger partial charge < -0.3 is 5.32 Å². The van der Waals surface area contributed by atoms with Gasteiger partial charge in [-0.25, -0.2) is 0 Å². The van der Waals surface area contributed by atoms with Crippen molar-refractivity contribution in [2.24, 2.45) is 0 Å². The Morgan fingerprint density at radius 1 is 1.00 bits per heavy atom. The molecule has 0 radical (unpaired) electrons. The van der Waals surface area contributed by atoms with Crippen LogP contribution in [0.15, 0.2) is 66.7 Å². The highest BCUT2D eigenvalue weighted by Crippen LogP contribution is 2.31. The standard InChI is InChI=1S/C22H14ClN3O5/c23-14-9-10-17(16(11-14)20(27)13-5-2-1-3-6-13)24-12-25-21(28)15-7-4-8-18(26(30)31)19(15)22(25)29/h1-11,24H,12H2. The van der Waals surface area contributed by atoms with Crippen LogP contribution in [0.3, 0.4) is 0 Å². The molecule has 154 valence electrons. The van der Waals surface area contributed by atoms with Crippen molar-refractivity contribution < 1.29 is 19.3 Å². The predicted molar refractivity (Wildman–Crippen MR) is 113 cm³/mol. The minimum absolute atomic E-state index is 0.0299. The van der Waals surface area contributed by atoms with Gasteiger partial charge in [0.2, 0.25) is 0 Å². The van der Waals surface area contributed by atoms with E-state index < -0.39 is 22.4 Å². The van der Waals surface area contributed by atoms with Crippen LogP contribution in [0.2, 0.25) is 5.02 Å². The van der Waals surface area contributed by atoms with Gasteiger partial charge in [-0.1, -0.05) is 48.0 Å². The molecule has 3 aromatic rings.